The van der Waals surface area contributed by atoms with E-state index in [0.717, 1.165) is 9.75 Å². The molecule has 1 aromatic rings. The maximum atomic E-state index is 12.2. The largest absolute Gasteiger partial charge is 0.481 e. The van der Waals surface area contributed by atoms with Gasteiger partial charge in [-0.15, -0.1) is 11.3 Å². The number of rotatable bonds is 9. The van der Waals surface area contributed by atoms with Gasteiger partial charge in [-0.3, -0.25) is 14.4 Å². The molecule has 1 heterocycles. The van der Waals surface area contributed by atoms with Crippen LogP contribution in [-0.4, -0.2) is 28.3 Å². The molecule has 0 aliphatic heterocycles. The molecule has 0 unspecified atom stereocenters. The van der Waals surface area contributed by atoms with Gasteiger partial charge in [-0.25, -0.2) is 0 Å². The second kappa shape index (κ2) is 8.24. The Bertz CT molecular complexity index is 587. The van der Waals surface area contributed by atoms with Crippen molar-refractivity contribution in [2.24, 2.45) is 0 Å². The quantitative estimate of drug-likeness (QED) is 0.675. The van der Waals surface area contributed by atoms with E-state index >= 15 is 0 Å². The molecule has 2 N–H and O–H groups in total. The fourth-order valence-corrected chi connectivity index (χ4v) is 3.58. The lowest BCUT2D eigenvalue weighted by atomic mass is 9.88. The highest BCUT2D eigenvalue weighted by Gasteiger charge is 2.30. The molecular formula is C17H25NO4S. The Labute approximate surface area is 141 Å². The number of nitrogens with one attached hydrogen (secondary N) is 1. The number of thiophene rings is 1. The summed E-state index contributed by atoms with van der Waals surface area (Å²) in [6.07, 6.45) is 1.19. The number of aliphatic carboxylic acids is 1. The monoisotopic (exact) mass is 339 g/mol. The van der Waals surface area contributed by atoms with Gasteiger partial charge in [0.25, 0.3) is 0 Å². The number of carboxylic acids is 1. The maximum Gasteiger partial charge on any atom is 0.305 e. The number of carbonyl (C=O) groups excluding carboxylic acids is 2. The molecule has 0 radical (unpaired) electrons. The zero-order valence-electron chi connectivity index (χ0n) is 14.2. The average molecular weight is 339 g/mol. The van der Waals surface area contributed by atoms with E-state index < -0.39 is 11.5 Å². The first-order valence-corrected chi connectivity index (χ1v) is 8.67. The molecule has 23 heavy (non-hydrogen) atoms. The van der Waals surface area contributed by atoms with Crippen LogP contribution in [0.25, 0.3) is 0 Å². The van der Waals surface area contributed by atoms with Crippen LogP contribution in [0.1, 0.15) is 66.1 Å². The summed E-state index contributed by atoms with van der Waals surface area (Å²) in [5.41, 5.74) is -0.0519. The number of hydrogen-bond acceptors (Lipinski definition) is 4. The van der Waals surface area contributed by atoms with Gasteiger partial charge in [0.05, 0.1) is 6.42 Å². The molecule has 0 saturated heterocycles. The second-order valence-corrected chi connectivity index (χ2v) is 7.32. The highest BCUT2D eigenvalue weighted by molar-refractivity contribution is 7.12. The summed E-state index contributed by atoms with van der Waals surface area (Å²) in [4.78, 5) is 37.4. The van der Waals surface area contributed by atoms with Crippen LogP contribution in [-0.2, 0) is 9.59 Å². The molecule has 0 fully saturated rings. The first-order valence-electron chi connectivity index (χ1n) is 7.86. The SMILES string of the molecule is CCC(CC)(CC(=O)O)NC(=O)CCC(=O)c1cc(C)sc1C. The van der Waals surface area contributed by atoms with E-state index in [1.165, 1.54) is 0 Å². The van der Waals surface area contributed by atoms with Crippen LogP contribution >= 0.6 is 11.3 Å². The molecule has 0 spiro atoms. The van der Waals surface area contributed by atoms with Gasteiger partial charge in [0.2, 0.25) is 5.91 Å². The van der Waals surface area contributed by atoms with E-state index in [1.807, 2.05) is 33.8 Å². The van der Waals surface area contributed by atoms with Crippen molar-refractivity contribution < 1.29 is 19.5 Å². The molecule has 6 heteroatoms. The van der Waals surface area contributed by atoms with Crippen molar-refractivity contribution in [2.45, 2.75) is 65.3 Å². The number of ketones is 1. The van der Waals surface area contributed by atoms with Gasteiger partial charge in [0.1, 0.15) is 0 Å². The van der Waals surface area contributed by atoms with Gasteiger partial charge in [-0.05, 0) is 32.8 Å². The molecule has 0 atom stereocenters. The van der Waals surface area contributed by atoms with Gasteiger partial charge in [-0.2, -0.15) is 0 Å². The molecule has 0 aliphatic rings. The third-order valence-corrected chi connectivity index (χ3v) is 5.13. The van der Waals surface area contributed by atoms with Crippen molar-refractivity contribution >= 4 is 29.0 Å². The van der Waals surface area contributed by atoms with Gasteiger partial charge < -0.3 is 10.4 Å². The zero-order valence-corrected chi connectivity index (χ0v) is 15.0. The Kier molecular flexibility index (Phi) is 6.94. The topological polar surface area (TPSA) is 83.5 Å². The summed E-state index contributed by atoms with van der Waals surface area (Å²) in [6.45, 7) is 7.56. The van der Waals surface area contributed by atoms with E-state index in [2.05, 4.69) is 5.32 Å². The van der Waals surface area contributed by atoms with Gasteiger partial charge in [0.15, 0.2) is 5.78 Å². The van der Waals surface area contributed by atoms with E-state index in [4.69, 9.17) is 5.11 Å². The van der Waals surface area contributed by atoms with Gasteiger partial charge >= 0.3 is 5.97 Å². The number of Topliss-reactive ketones (excluding diaryl/α,β-unsaturated/α-hetero) is 1. The molecule has 0 saturated carbocycles. The molecular weight excluding hydrogens is 314 g/mol. The zero-order chi connectivity index (χ0) is 17.6. The Morgan fingerprint density at radius 2 is 1.78 bits per heavy atom. The van der Waals surface area contributed by atoms with Crippen LogP contribution in [0.4, 0.5) is 0 Å². The summed E-state index contributed by atoms with van der Waals surface area (Å²) in [5.74, 6) is -1.25. The smallest absolute Gasteiger partial charge is 0.305 e. The molecule has 0 bridgehead atoms. The molecule has 1 amide bonds. The minimum atomic E-state index is -0.936. The predicted molar refractivity (Wildman–Crippen MR) is 91.1 cm³/mol. The van der Waals surface area contributed by atoms with Gasteiger partial charge in [-0.1, -0.05) is 13.8 Å². The van der Waals surface area contributed by atoms with Crippen LogP contribution in [0.15, 0.2) is 6.07 Å². The summed E-state index contributed by atoms with van der Waals surface area (Å²) in [5, 5.41) is 11.8. The van der Waals surface area contributed by atoms with Crippen LogP contribution < -0.4 is 5.32 Å². The van der Waals surface area contributed by atoms with E-state index in [9.17, 15) is 14.4 Å². The van der Waals surface area contributed by atoms with Crippen LogP contribution in [0.5, 0.6) is 0 Å². The summed E-state index contributed by atoms with van der Waals surface area (Å²) >= 11 is 1.57. The minimum absolute atomic E-state index is 0.0427. The number of aryl methyl sites for hydroxylation is 2. The number of carboxylic acid groups (broad SMARTS) is 1. The van der Waals surface area contributed by atoms with E-state index in [1.54, 1.807) is 11.3 Å². The van der Waals surface area contributed by atoms with Crippen molar-refractivity contribution in [1.29, 1.82) is 0 Å². The van der Waals surface area contributed by atoms with Crippen LogP contribution in [0.3, 0.4) is 0 Å². The molecule has 0 aromatic carbocycles. The highest BCUT2D eigenvalue weighted by atomic mass is 32.1. The normalized spacial score (nSPS) is 11.3. The third kappa shape index (κ3) is 5.46. The Morgan fingerprint density at radius 3 is 2.22 bits per heavy atom. The van der Waals surface area contributed by atoms with E-state index in [0.29, 0.717) is 18.4 Å². The number of hydrogen-bond donors (Lipinski definition) is 2. The van der Waals surface area contributed by atoms with Gasteiger partial charge in [0, 0.05) is 33.7 Å². The average Bonchev–Trinajstić information content (AvgIpc) is 2.82. The lowest BCUT2D eigenvalue weighted by molar-refractivity contribution is -0.139. The molecule has 5 nitrogen and oxygen atoms in total. The number of carbonyl (C=O) groups is 3. The van der Waals surface area contributed by atoms with E-state index in [-0.39, 0.29) is 31.0 Å². The van der Waals surface area contributed by atoms with Crippen molar-refractivity contribution in [1.82, 2.24) is 5.32 Å². The summed E-state index contributed by atoms with van der Waals surface area (Å²) in [6, 6.07) is 1.85. The summed E-state index contributed by atoms with van der Waals surface area (Å²) in [7, 11) is 0. The fourth-order valence-electron chi connectivity index (χ4n) is 2.64. The molecule has 0 aliphatic carbocycles. The van der Waals surface area contributed by atoms with Crippen molar-refractivity contribution in [2.75, 3.05) is 0 Å². The van der Waals surface area contributed by atoms with Crippen molar-refractivity contribution in [3.63, 3.8) is 0 Å². The molecule has 128 valence electrons. The summed E-state index contributed by atoms with van der Waals surface area (Å²) < 4.78 is 0. The fraction of sp³-hybridized carbons (Fsp3) is 0.588. The Hall–Kier alpha value is -1.69. The van der Waals surface area contributed by atoms with Crippen LogP contribution in [0, 0.1) is 13.8 Å². The predicted octanol–water partition coefficient (Wildman–Crippen LogP) is 3.48. The van der Waals surface area contributed by atoms with Crippen molar-refractivity contribution in [3.8, 4) is 0 Å². The van der Waals surface area contributed by atoms with Crippen molar-refractivity contribution in [3.05, 3.63) is 21.4 Å². The highest BCUT2D eigenvalue weighted by Crippen LogP contribution is 2.23. The van der Waals surface area contributed by atoms with Crippen LogP contribution in [0.2, 0.25) is 0 Å². The standard InChI is InChI=1S/C17H25NO4S/c1-5-17(6-2,10-16(21)22)18-15(20)8-7-14(19)13-9-11(3)23-12(13)4/h9H,5-8,10H2,1-4H3,(H,18,20)(H,21,22). The number of amides is 1. The minimum Gasteiger partial charge on any atom is -0.481 e. The Balaban J connectivity index is 2.63. The second-order valence-electron chi connectivity index (χ2n) is 5.86. The lowest BCUT2D eigenvalue weighted by Gasteiger charge is -2.31. The third-order valence-electron chi connectivity index (χ3n) is 4.17. The first kappa shape index (κ1) is 19.4. The first-order chi connectivity index (χ1) is 10.7. The molecule has 1 rings (SSSR count). The molecule has 1 aromatic heterocycles. The lowest BCUT2D eigenvalue weighted by Crippen LogP contribution is -2.49. The Morgan fingerprint density at radius 1 is 1.17 bits per heavy atom. The maximum absolute atomic E-state index is 12.2.